The molecule has 0 aromatic carbocycles. The molecule has 0 bridgehead atoms. The lowest BCUT2D eigenvalue weighted by Gasteiger charge is -2.59. The largest absolute Gasteiger partial charge is 0.465 e. The first kappa shape index (κ1) is 26.1. The second-order valence-electron chi connectivity index (χ2n) is 11.8. The minimum Gasteiger partial charge on any atom is -0.465 e. The van der Waals surface area contributed by atoms with E-state index in [1.165, 1.54) is 6.92 Å². The average Bonchev–Trinajstić information content (AvgIpc) is 3.11. The molecule has 6 heteroatoms. The SMILES string of the molecule is CCCCCC(=O)O[C@]1(C(C)=O)CC[C@H]2[C@@H]3CCC4=CC(=O)CC[C@]4(COC(C)=O)[C@H]3CC[C@@]21C. The summed E-state index contributed by atoms with van der Waals surface area (Å²) < 4.78 is 11.8. The molecule has 4 aliphatic carbocycles. The van der Waals surface area contributed by atoms with Crippen LogP contribution >= 0.6 is 0 Å². The molecule has 3 fully saturated rings. The van der Waals surface area contributed by atoms with E-state index in [2.05, 4.69) is 13.8 Å². The Labute approximate surface area is 209 Å². The summed E-state index contributed by atoms with van der Waals surface area (Å²) in [6.07, 6.45) is 11.1. The fraction of sp³-hybridized carbons (Fsp3) is 0.793. The van der Waals surface area contributed by atoms with Crippen LogP contribution < -0.4 is 0 Å². The summed E-state index contributed by atoms with van der Waals surface area (Å²) in [4.78, 5) is 50.1. The van der Waals surface area contributed by atoms with Crippen LogP contribution in [0.15, 0.2) is 11.6 Å². The Kier molecular flexibility index (Phi) is 7.32. The van der Waals surface area contributed by atoms with Crippen LogP contribution in [0.1, 0.15) is 105 Å². The van der Waals surface area contributed by atoms with Crippen molar-refractivity contribution < 1.29 is 28.7 Å². The van der Waals surface area contributed by atoms with Crippen LogP contribution in [0.5, 0.6) is 0 Å². The number of fused-ring (bicyclic) bond motifs is 5. The Bertz CT molecular complexity index is 920. The van der Waals surface area contributed by atoms with Gasteiger partial charge in [-0.3, -0.25) is 19.2 Å². The van der Waals surface area contributed by atoms with E-state index in [0.717, 1.165) is 63.4 Å². The van der Waals surface area contributed by atoms with E-state index in [0.29, 0.717) is 37.7 Å². The molecule has 3 saturated carbocycles. The number of unbranched alkanes of at least 4 members (excludes halogenated alkanes) is 2. The quantitative estimate of drug-likeness (QED) is 0.332. The number of rotatable bonds is 8. The summed E-state index contributed by atoms with van der Waals surface area (Å²) in [6.45, 7) is 7.64. The lowest BCUT2D eigenvalue weighted by molar-refractivity contribution is -0.190. The number of hydrogen-bond acceptors (Lipinski definition) is 6. The lowest BCUT2D eigenvalue weighted by Crippen LogP contribution is -2.59. The Balaban J connectivity index is 1.63. The first-order valence-corrected chi connectivity index (χ1v) is 13.7. The zero-order valence-corrected chi connectivity index (χ0v) is 22.0. The summed E-state index contributed by atoms with van der Waals surface area (Å²) in [7, 11) is 0. The van der Waals surface area contributed by atoms with Gasteiger partial charge in [-0.1, -0.05) is 32.3 Å². The Morgan fingerprint density at radius 1 is 1.00 bits per heavy atom. The molecule has 0 unspecified atom stereocenters. The summed E-state index contributed by atoms with van der Waals surface area (Å²) in [5.41, 5.74) is -0.581. The molecule has 0 aromatic heterocycles. The minimum absolute atomic E-state index is 0.0286. The maximum Gasteiger partial charge on any atom is 0.306 e. The predicted octanol–water partition coefficient (Wildman–Crippen LogP) is 5.51. The lowest BCUT2D eigenvalue weighted by atomic mass is 9.46. The molecule has 0 aromatic rings. The zero-order valence-electron chi connectivity index (χ0n) is 22.0. The van der Waals surface area contributed by atoms with Gasteiger partial charge in [0.1, 0.15) is 6.61 Å². The van der Waals surface area contributed by atoms with Crippen LogP contribution in [-0.4, -0.2) is 35.7 Å². The second-order valence-corrected chi connectivity index (χ2v) is 11.8. The maximum absolute atomic E-state index is 13.2. The molecule has 4 aliphatic rings. The topological polar surface area (TPSA) is 86.7 Å². The van der Waals surface area contributed by atoms with Crippen molar-refractivity contribution >= 4 is 23.5 Å². The molecule has 4 rings (SSSR count). The molecule has 0 saturated heterocycles. The molecule has 194 valence electrons. The Hall–Kier alpha value is -1.98. The van der Waals surface area contributed by atoms with Crippen molar-refractivity contribution in [3.8, 4) is 0 Å². The third-order valence-corrected chi connectivity index (χ3v) is 10.2. The number of ether oxygens (including phenoxy) is 2. The molecule has 35 heavy (non-hydrogen) atoms. The third kappa shape index (κ3) is 4.29. The van der Waals surface area contributed by atoms with Gasteiger partial charge in [0.05, 0.1) is 0 Å². The fourth-order valence-electron chi connectivity index (χ4n) is 8.44. The van der Waals surface area contributed by atoms with Crippen molar-refractivity contribution in [1.29, 1.82) is 0 Å². The number of Topliss-reactive ketones (excluding diaryl/α,β-unsaturated/α-hetero) is 1. The monoisotopic (exact) mass is 486 g/mol. The van der Waals surface area contributed by atoms with Crippen molar-refractivity contribution in [2.75, 3.05) is 6.61 Å². The predicted molar refractivity (Wildman–Crippen MR) is 131 cm³/mol. The van der Waals surface area contributed by atoms with Gasteiger partial charge in [0.25, 0.3) is 0 Å². The van der Waals surface area contributed by atoms with E-state index in [4.69, 9.17) is 9.47 Å². The first-order chi connectivity index (χ1) is 16.6. The van der Waals surface area contributed by atoms with Crippen LogP contribution in [0.3, 0.4) is 0 Å². The van der Waals surface area contributed by atoms with Crippen molar-refractivity contribution in [2.24, 2.45) is 28.6 Å². The summed E-state index contributed by atoms with van der Waals surface area (Å²) in [5, 5.41) is 0. The fourth-order valence-corrected chi connectivity index (χ4v) is 8.44. The van der Waals surface area contributed by atoms with E-state index in [1.54, 1.807) is 6.92 Å². The van der Waals surface area contributed by atoms with Crippen LogP contribution in [0, 0.1) is 28.6 Å². The average molecular weight is 487 g/mol. The second kappa shape index (κ2) is 9.82. The number of carbonyl (C=O) groups is 4. The normalized spacial score (nSPS) is 38.0. The van der Waals surface area contributed by atoms with Crippen molar-refractivity contribution in [2.45, 2.75) is 110 Å². The van der Waals surface area contributed by atoms with Gasteiger partial charge in [0.15, 0.2) is 17.2 Å². The molecule has 0 heterocycles. The van der Waals surface area contributed by atoms with Gasteiger partial charge in [0, 0.05) is 30.6 Å². The van der Waals surface area contributed by atoms with Crippen LogP contribution in [0.4, 0.5) is 0 Å². The van der Waals surface area contributed by atoms with Gasteiger partial charge in [-0.05, 0) is 82.1 Å². The zero-order chi connectivity index (χ0) is 25.4. The standard InChI is InChI=1S/C29H42O6/c1-5-6-7-8-26(33)35-29(19(2)30)16-13-24-23-10-9-21-17-22(32)11-15-28(21,18-34-20(3)31)25(23)12-14-27(24,29)4/h17,23-25H,5-16,18H2,1-4H3/t23-,24-,25-,27-,28+,29-/m0/s1. The number of esters is 2. The number of carbonyl (C=O) groups excluding carboxylic acids is 4. The molecule has 6 nitrogen and oxygen atoms in total. The van der Waals surface area contributed by atoms with E-state index >= 15 is 0 Å². The Morgan fingerprint density at radius 3 is 2.43 bits per heavy atom. The van der Waals surface area contributed by atoms with Gasteiger partial charge < -0.3 is 9.47 Å². The van der Waals surface area contributed by atoms with Gasteiger partial charge in [0.2, 0.25) is 0 Å². The van der Waals surface area contributed by atoms with Gasteiger partial charge >= 0.3 is 11.9 Å². The van der Waals surface area contributed by atoms with E-state index in [1.807, 2.05) is 6.08 Å². The summed E-state index contributed by atoms with van der Waals surface area (Å²) >= 11 is 0. The molecule has 0 amide bonds. The number of hydrogen-bond donors (Lipinski definition) is 0. The highest BCUT2D eigenvalue weighted by Gasteiger charge is 2.68. The van der Waals surface area contributed by atoms with E-state index in [9.17, 15) is 19.2 Å². The highest BCUT2D eigenvalue weighted by molar-refractivity contribution is 5.92. The van der Waals surface area contributed by atoms with Gasteiger partial charge in [-0.15, -0.1) is 0 Å². The molecule has 0 radical (unpaired) electrons. The maximum atomic E-state index is 13.2. The minimum atomic E-state index is -1.05. The van der Waals surface area contributed by atoms with E-state index in [-0.39, 0.29) is 34.8 Å². The van der Waals surface area contributed by atoms with Gasteiger partial charge in [-0.25, -0.2) is 0 Å². The molecule has 6 atom stereocenters. The molecular formula is C29H42O6. The first-order valence-electron chi connectivity index (χ1n) is 13.7. The van der Waals surface area contributed by atoms with Crippen LogP contribution in [0.2, 0.25) is 0 Å². The molecule has 0 aliphatic heterocycles. The Morgan fingerprint density at radius 2 is 1.74 bits per heavy atom. The molecule has 0 spiro atoms. The molecule has 0 N–H and O–H groups in total. The van der Waals surface area contributed by atoms with Crippen LogP contribution in [-0.2, 0) is 28.7 Å². The molecular weight excluding hydrogens is 444 g/mol. The summed E-state index contributed by atoms with van der Waals surface area (Å²) in [6, 6.07) is 0. The third-order valence-electron chi connectivity index (χ3n) is 10.2. The van der Waals surface area contributed by atoms with E-state index < -0.39 is 11.0 Å². The highest BCUT2D eigenvalue weighted by Crippen LogP contribution is 2.68. The van der Waals surface area contributed by atoms with Crippen molar-refractivity contribution in [3.63, 3.8) is 0 Å². The summed E-state index contributed by atoms with van der Waals surface area (Å²) in [5.74, 6) is 0.532. The number of ketones is 2. The van der Waals surface area contributed by atoms with Crippen molar-refractivity contribution in [1.82, 2.24) is 0 Å². The highest BCUT2D eigenvalue weighted by atomic mass is 16.6. The van der Waals surface area contributed by atoms with Crippen molar-refractivity contribution in [3.05, 3.63) is 11.6 Å². The smallest absolute Gasteiger partial charge is 0.306 e. The van der Waals surface area contributed by atoms with Gasteiger partial charge in [-0.2, -0.15) is 0 Å². The van der Waals surface area contributed by atoms with Crippen LogP contribution in [0.25, 0.3) is 0 Å².